The molecule has 0 radical (unpaired) electrons. The zero-order valence-corrected chi connectivity index (χ0v) is 15.2. The van der Waals surface area contributed by atoms with Gasteiger partial charge in [-0.05, 0) is 48.7 Å². The van der Waals surface area contributed by atoms with Crippen molar-refractivity contribution < 1.29 is 9.59 Å². The molecule has 122 valence electrons. The Kier molecular flexibility index (Phi) is 3.89. The fourth-order valence-electron chi connectivity index (χ4n) is 2.95. The maximum atomic E-state index is 12.8. The van der Waals surface area contributed by atoms with Gasteiger partial charge in [-0.2, -0.15) is 0 Å². The normalized spacial score (nSPS) is 17.6. The average molecular weight is 403 g/mol. The summed E-state index contributed by atoms with van der Waals surface area (Å²) in [5.41, 5.74) is 2.10. The smallest absolute Gasteiger partial charge is 0.235 e. The number of hydrogen-bond donors (Lipinski definition) is 2. The van der Waals surface area contributed by atoms with Gasteiger partial charge in [0.15, 0.2) is 0 Å². The summed E-state index contributed by atoms with van der Waals surface area (Å²) in [5.74, 6) is 0.440. The van der Waals surface area contributed by atoms with Crippen LogP contribution in [0.3, 0.4) is 0 Å². The molecule has 1 fully saturated rings. The summed E-state index contributed by atoms with van der Waals surface area (Å²) < 4.78 is 1.00. The lowest BCUT2D eigenvalue weighted by atomic mass is 9.95. The first-order valence-corrected chi connectivity index (χ1v) is 9.49. The Bertz CT molecular complexity index is 831. The number of fused-ring (bicyclic) bond motifs is 1. The van der Waals surface area contributed by atoms with E-state index >= 15 is 0 Å². The van der Waals surface area contributed by atoms with E-state index in [0.717, 1.165) is 33.5 Å². The molecule has 4 rings (SSSR count). The number of thioether (sulfide) groups is 1. The Morgan fingerprint density at radius 3 is 2.62 bits per heavy atom. The lowest BCUT2D eigenvalue weighted by Crippen LogP contribution is -2.28. The van der Waals surface area contributed by atoms with E-state index in [1.807, 2.05) is 42.5 Å². The quantitative estimate of drug-likeness (QED) is 0.809. The van der Waals surface area contributed by atoms with E-state index in [0.29, 0.717) is 11.4 Å². The third-order valence-corrected chi connectivity index (χ3v) is 6.05. The van der Waals surface area contributed by atoms with Gasteiger partial charge in [0.25, 0.3) is 0 Å². The third kappa shape index (κ3) is 2.84. The molecule has 2 aromatic rings. The van der Waals surface area contributed by atoms with Gasteiger partial charge in [0.2, 0.25) is 11.8 Å². The molecule has 0 bridgehead atoms. The van der Waals surface area contributed by atoms with Crippen molar-refractivity contribution >= 4 is 50.9 Å². The van der Waals surface area contributed by atoms with Gasteiger partial charge < -0.3 is 10.6 Å². The fourth-order valence-corrected chi connectivity index (χ4v) is 4.01. The van der Waals surface area contributed by atoms with Crippen LogP contribution in [0.4, 0.5) is 11.4 Å². The highest BCUT2D eigenvalue weighted by atomic mass is 79.9. The van der Waals surface area contributed by atoms with Gasteiger partial charge in [-0.1, -0.05) is 28.1 Å². The van der Waals surface area contributed by atoms with Crippen LogP contribution in [0, 0.1) is 0 Å². The molecule has 2 aliphatic rings. The number of nitrogens with one attached hydrogen (secondary N) is 2. The van der Waals surface area contributed by atoms with Gasteiger partial charge >= 0.3 is 0 Å². The maximum Gasteiger partial charge on any atom is 0.235 e. The van der Waals surface area contributed by atoms with Crippen molar-refractivity contribution in [2.24, 2.45) is 0 Å². The van der Waals surface area contributed by atoms with Crippen molar-refractivity contribution in [3.8, 4) is 0 Å². The molecule has 1 aliphatic carbocycles. The second kappa shape index (κ2) is 5.93. The van der Waals surface area contributed by atoms with Crippen molar-refractivity contribution in [1.29, 1.82) is 0 Å². The fraction of sp³-hybridized carbons (Fsp3) is 0.222. The number of carbonyl (C=O) groups is 2. The number of hydrogen-bond acceptors (Lipinski definition) is 3. The van der Waals surface area contributed by atoms with Crippen LogP contribution in [0.5, 0.6) is 0 Å². The Hall–Kier alpha value is -1.79. The molecule has 4 nitrogen and oxygen atoms in total. The summed E-state index contributed by atoms with van der Waals surface area (Å²) >= 11 is 4.94. The second-order valence-electron chi connectivity index (χ2n) is 6.09. The topological polar surface area (TPSA) is 58.2 Å². The van der Waals surface area contributed by atoms with E-state index in [-0.39, 0.29) is 11.8 Å². The van der Waals surface area contributed by atoms with Gasteiger partial charge in [0.05, 0.1) is 16.9 Å². The van der Waals surface area contributed by atoms with Crippen LogP contribution in [-0.2, 0) is 15.0 Å². The molecular formula is C18H15BrN2O2S. The number of carbonyl (C=O) groups excluding carboxylic acids is 2. The predicted octanol–water partition coefficient (Wildman–Crippen LogP) is 4.16. The van der Waals surface area contributed by atoms with Crippen molar-refractivity contribution in [1.82, 2.24) is 0 Å². The summed E-state index contributed by atoms with van der Waals surface area (Å²) in [4.78, 5) is 25.3. The minimum atomic E-state index is -0.422. The Morgan fingerprint density at radius 1 is 1.17 bits per heavy atom. The van der Waals surface area contributed by atoms with Crippen molar-refractivity contribution in [3.63, 3.8) is 0 Å². The SMILES string of the molecule is O=C1CSc2ccc(NC(=O)C3(c4ccc(Br)cc4)CC3)cc2N1. The molecule has 6 heteroatoms. The molecule has 2 amide bonds. The van der Waals surface area contributed by atoms with Gasteiger partial charge in [-0.15, -0.1) is 11.8 Å². The minimum absolute atomic E-state index is 0.00972. The van der Waals surface area contributed by atoms with E-state index in [2.05, 4.69) is 26.6 Å². The van der Waals surface area contributed by atoms with Crippen LogP contribution in [0.1, 0.15) is 18.4 Å². The number of anilines is 2. The molecule has 1 aliphatic heterocycles. The first-order chi connectivity index (χ1) is 11.6. The maximum absolute atomic E-state index is 12.8. The van der Waals surface area contributed by atoms with E-state index in [1.165, 1.54) is 11.8 Å². The van der Waals surface area contributed by atoms with Gasteiger partial charge in [-0.25, -0.2) is 0 Å². The summed E-state index contributed by atoms with van der Waals surface area (Å²) in [5, 5.41) is 5.86. The zero-order valence-electron chi connectivity index (χ0n) is 12.8. The summed E-state index contributed by atoms with van der Waals surface area (Å²) in [6, 6.07) is 13.6. The first-order valence-electron chi connectivity index (χ1n) is 7.71. The largest absolute Gasteiger partial charge is 0.325 e. The highest BCUT2D eigenvalue weighted by molar-refractivity contribution is 9.10. The molecule has 0 saturated heterocycles. The first kappa shape index (κ1) is 15.7. The number of benzene rings is 2. The van der Waals surface area contributed by atoms with Gasteiger partial charge in [0, 0.05) is 15.1 Å². The van der Waals surface area contributed by atoms with Crippen molar-refractivity contribution in [2.75, 3.05) is 16.4 Å². The number of halogens is 1. The number of amides is 2. The van der Waals surface area contributed by atoms with E-state index in [4.69, 9.17) is 0 Å². The van der Waals surface area contributed by atoms with Crippen molar-refractivity contribution in [2.45, 2.75) is 23.2 Å². The summed E-state index contributed by atoms with van der Waals surface area (Å²) in [6.07, 6.45) is 1.72. The Morgan fingerprint density at radius 2 is 1.92 bits per heavy atom. The minimum Gasteiger partial charge on any atom is -0.325 e. The van der Waals surface area contributed by atoms with Crippen LogP contribution in [0.2, 0.25) is 0 Å². The van der Waals surface area contributed by atoms with Crippen LogP contribution in [0.25, 0.3) is 0 Å². The molecule has 0 unspecified atom stereocenters. The molecule has 1 saturated carbocycles. The van der Waals surface area contributed by atoms with Crippen LogP contribution >= 0.6 is 27.7 Å². The highest BCUT2D eigenvalue weighted by Crippen LogP contribution is 2.49. The zero-order chi connectivity index (χ0) is 16.7. The van der Waals surface area contributed by atoms with Crippen LogP contribution in [-0.4, -0.2) is 17.6 Å². The van der Waals surface area contributed by atoms with Crippen LogP contribution in [0.15, 0.2) is 51.8 Å². The molecule has 2 aromatic carbocycles. The van der Waals surface area contributed by atoms with E-state index in [1.54, 1.807) is 0 Å². The molecular weight excluding hydrogens is 388 g/mol. The Labute approximate surface area is 152 Å². The van der Waals surface area contributed by atoms with E-state index < -0.39 is 5.41 Å². The highest BCUT2D eigenvalue weighted by Gasteiger charge is 2.51. The number of rotatable bonds is 3. The Balaban J connectivity index is 1.55. The van der Waals surface area contributed by atoms with Crippen LogP contribution < -0.4 is 10.6 Å². The standard InChI is InChI=1S/C18H15BrN2O2S/c19-12-3-1-11(2-4-12)18(7-8-18)17(23)20-13-5-6-15-14(9-13)21-16(22)10-24-15/h1-6,9H,7-8,10H2,(H,20,23)(H,21,22). The van der Waals surface area contributed by atoms with Gasteiger partial charge in [-0.3, -0.25) is 9.59 Å². The monoisotopic (exact) mass is 402 g/mol. The predicted molar refractivity (Wildman–Crippen MR) is 99.5 cm³/mol. The average Bonchev–Trinajstić information content (AvgIpc) is 3.37. The lowest BCUT2D eigenvalue weighted by Gasteiger charge is -2.19. The molecule has 0 spiro atoms. The molecule has 2 N–H and O–H groups in total. The molecule has 24 heavy (non-hydrogen) atoms. The summed E-state index contributed by atoms with van der Waals surface area (Å²) in [7, 11) is 0. The van der Waals surface area contributed by atoms with Crippen molar-refractivity contribution in [3.05, 3.63) is 52.5 Å². The molecule has 0 aromatic heterocycles. The summed E-state index contributed by atoms with van der Waals surface area (Å²) in [6.45, 7) is 0. The molecule has 0 atom stereocenters. The second-order valence-corrected chi connectivity index (χ2v) is 8.02. The molecule has 1 heterocycles. The third-order valence-electron chi connectivity index (χ3n) is 4.45. The van der Waals surface area contributed by atoms with E-state index in [9.17, 15) is 9.59 Å². The van der Waals surface area contributed by atoms with Gasteiger partial charge in [0.1, 0.15) is 0 Å². The lowest BCUT2D eigenvalue weighted by molar-refractivity contribution is -0.118.